The van der Waals surface area contributed by atoms with Gasteiger partial charge in [0.15, 0.2) is 0 Å². The lowest BCUT2D eigenvalue weighted by Crippen LogP contribution is -2.47. The quantitative estimate of drug-likeness (QED) is 0.664. The van der Waals surface area contributed by atoms with Gasteiger partial charge in [0.05, 0.1) is 18.2 Å². The third kappa shape index (κ3) is 3.88. The SMILES string of the molecule is COc1ccc(N2CCN(c3ncc(S(=O)(=O)c4ccccc4)c(N)n3)CC2)cc1. The standard InChI is InChI=1S/C21H23N5O3S/c1-29-17-9-7-16(8-10-17)25-11-13-26(14-12-25)21-23-15-19(20(22)24-21)30(27,28)18-5-3-2-4-6-18/h2-10,15H,11-14H2,1H3,(H2,22,23,24). The second-order valence-corrected chi connectivity index (χ2v) is 8.83. The highest BCUT2D eigenvalue weighted by Gasteiger charge is 2.25. The minimum atomic E-state index is -3.75. The molecule has 0 spiro atoms. The van der Waals surface area contributed by atoms with Crippen LogP contribution in [-0.4, -0.2) is 51.7 Å². The zero-order valence-corrected chi connectivity index (χ0v) is 17.4. The van der Waals surface area contributed by atoms with Crippen LogP contribution in [0.25, 0.3) is 0 Å². The van der Waals surface area contributed by atoms with Crippen LogP contribution in [0.4, 0.5) is 17.5 Å². The molecular weight excluding hydrogens is 402 g/mol. The summed E-state index contributed by atoms with van der Waals surface area (Å²) in [6.07, 6.45) is 1.30. The fraction of sp³-hybridized carbons (Fsp3) is 0.238. The van der Waals surface area contributed by atoms with Gasteiger partial charge in [-0.1, -0.05) is 18.2 Å². The maximum atomic E-state index is 12.8. The Bertz CT molecular complexity index is 1110. The van der Waals surface area contributed by atoms with E-state index in [0.717, 1.165) is 24.5 Å². The number of rotatable bonds is 5. The first kappa shape index (κ1) is 20.0. The Morgan fingerprint density at radius 2 is 1.57 bits per heavy atom. The van der Waals surface area contributed by atoms with E-state index in [-0.39, 0.29) is 15.6 Å². The topological polar surface area (TPSA) is 102 Å². The third-order valence-corrected chi connectivity index (χ3v) is 6.90. The molecule has 0 amide bonds. The van der Waals surface area contributed by atoms with Crippen molar-refractivity contribution in [2.24, 2.45) is 0 Å². The fourth-order valence-corrected chi connectivity index (χ4v) is 4.70. The van der Waals surface area contributed by atoms with Crippen LogP contribution in [-0.2, 0) is 9.84 Å². The highest BCUT2D eigenvalue weighted by molar-refractivity contribution is 7.91. The monoisotopic (exact) mass is 425 g/mol. The number of nitrogens with zero attached hydrogens (tertiary/aromatic N) is 4. The minimum Gasteiger partial charge on any atom is -0.497 e. The van der Waals surface area contributed by atoms with Crippen LogP contribution in [0.1, 0.15) is 0 Å². The summed E-state index contributed by atoms with van der Waals surface area (Å²) in [6, 6.07) is 16.1. The van der Waals surface area contributed by atoms with Crippen LogP contribution in [0.5, 0.6) is 5.75 Å². The third-order valence-electron chi connectivity index (χ3n) is 5.11. The van der Waals surface area contributed by atoms with Crippen molar-refractivity contribution in [1.29, 1.82) is 0 Å². The van der Waals surface area contributed by atoms with E-state index in [2.05, 4.69) is 14.9 Å². The number of nitrogens with two attached hydrogens (primary N) is 1. The molecule has 2 heterocycles. The highest BCUT2D eigenvalue weighted by Crippen LogP contribution is 2.26. The van der Waals surface area contributed by atoms with Crippen LogP contribution < -0.4 is 20.3 Å². The minimum absolute atomic E-state index is 0.0403. The normalized spacial score (nSPS) is 14.6. The first-order valence-electron chi connectivity index (χ1n) is 9.55. The number of hydrogen-bond acceptors (Lipinski definition) is 8. The molecular formula is C21H23N5O3S. The molecule has 30 heavy (non-hydrogen) atoms. The lowest BCUT2D eigenvalue weighted by molar-refractivity contribution is 0.415. The maximum absolute atomic E-state index is 12.8. The van der Waals surface area contributed by atoms with Gasteiger partial charge in [-0.3, -0.25) is 0 Å². The highest BCUT2D eigenvalue weighted by atomic mass is 32.2. The number of anilines is 3. The maximum Gasteiger partial charge on any atom is 0.227 e. The molecule has 1 saturated heterocycles. The average Bonchev–Trinajstić information content (AvgIpc) is 2.79. The van der Waals surface area contributed by atoms with Crippen LogP contribution in [0.3, 0.4) is 0 Å². The first-order chi connectivity index (χ1) is 14.5. The molecule has 156 valence electrons. The van der Waals surface area contributed by atoms with Gasteiger partial charge in [0, 0.05) is 31.9 Å². The lowest BCUT2D eigenvalue weighted by atomic mass is 10.2. The number of methoxy groups -OCH3 is 1. The number of aromatic nitrogens is 2. The van der Waals surface area contributed by atoms with Crippen molar-refractivity contribution < 1.29 is 13.2 Å². The molecule has 0 bridgehead atoms. The van der Waals surface area contributed by atoms with Crippen molar-refractivity contribution in [3.8, 4) is 5.75 Å². The van der Waals surface area contributed by atoms with Crippen molar-refractivity contribution in [2.75, 3.05) is 48.8 Å². The number of hydrogen-bond donors (Lipinski definition) is 1. The molecule has 2 aromatic carbocycles. The van der Waals surface area contributed by atoms with Crippen LogP contribution in [0.15, 0.2) is 70.6 Å². The Morgan fingerprint density at radius 1 is 0.933 bits per heavy atom. The molecule has 1 fully saturated rings. The van der Waals surface area contributed by atoms with Gasteiger partial charge in [-0.15, -0.1) is 0 Å². The number of ether oxygens (including phenoxy) is 1. The number of nitrogen functional groups attached to an aromatic ring is 1. The summed E-state index contributed by atoms with van der Waals surface area (Å²) in [5.41, 5.74) is 7.14. The Balaban J connectivity index is 1.48. The van der Waals surface area contributed by atoms with E-state index < -0.39 is 9.84 Å². The first-order valence-corrected chi connectivity index (χ1v) is 11.0. The molecule has 9 heteroatoms. The van der Waals surface area contributed by atoms with Gasteiger partial charge in [0.1, 0.15) is 16.5 Å². The second kappa shape index (κ2) is 8.19. The van der Waals surface area contributed by atoms with E-state index in [4.69, 9.17) is 10.5 Å². The van der Waals surface area contributed by atoms with Gasteiger partial charge < -0.3 is 20.3 Å². The molecule has 8 nitrogen and oxygen atoms in total. The summed E-state index contributed by atoms with van der Waals surface area (Å²) < 4.78 is 30.8. The van der Waals surface area contributed by atoms with Gasteiger partial charge in [0.2, 0.25) is 15.8 Å². The Kier molecular flexibility index (Phi) is 5.45. The van der Waals surface area contributed by atoms with Gasteiger partial charge in [-0.25, -0.2) is 13.4 Å². The molecule has 1 aromatic heterocycles. The summed E-state index contributed by atoms with van der Waals surface area (Å²) in [5.74, 6) is 1.22. The largest absolute Gasteiger partial charge is 0.497 e. The number of benzene rings is 2. The Morgan fingerprint density at radius 3 is 2.17 bits per heavy atom. The van der Waals surface area contributed by atoms with E-state index in [1.807, 2.05) is 29.2 Å². The summed E-state index contributed by atoms with van der Waals surface area (Å²) in [4.78, 5) is 13.0. The van der Waals surface area contributed by atoms with Gasteiger partial charge in [-0.05, 0) is 36.4 Å². The zero-order valence-electron chi connectivity index (χ0n) is 16.6. The fourth-order valence-electron chi connectivity index (χ4n) is 3.42. The van der Waals surface area contributed by atoms with E-state index >= 15 is 0 Å². The molecule has 1 aliphatic heterocycles. The lowest BCUT2D eigenvalue weighted by Gasteiger charge is -2.36. The zero-order chi connectivity index (χ0) is 21.1. The van der Waals surface area contributed by atoms with E-state index in [1.165, 1.54) is 18.3 Å². The van der Waals surface area contributed by atoms with E-state index in [0.29, 0.717) is 19.0 Å². The van der Waals surface area contributed by atoms with E-state index in [1.54, 1.807) is 25.3 Å². The van der Waals surface area contributed by atoms with Crippen LogP contribution in [0, 0.1) is 0 Å². The van der Waals surface area contributed by atoms with Crippen molar-refractivity contribution in [3.63, 3.8) is 0 Å². The molecule has 0 atom stereocenters. The van der Waals surface area contributed by atoms with Crippen molar-refractivity contribution in [3.05, 3.63) is 60.8 Å². The summed E-state index contributed by atoms with van der Waals surface area (Å²) in [5, 5.41) is 0. The Hall–Kier alpha value is -3.33. The summed E-state index contributed by atoms with van der Waals surface area (Å²) in [6.45, 7) is 2.99. The average molecular weight is 426 g/mol. The van der Waals surface area contributed by atoms with Gasteiger partial charge in [-0.2, -0.15) is 4.98 Å². The van der Waals surface area contributed by atoms with E-state index in [9.17, 15) is 8.42 Å². The van der Waals surface area contributed by atoms with Crippen LogP contribution in [0.2, 0.25) is 0 Å². The molecule has 0 unspecified atom stereocenters. The molecule has 0 radical (unpaired) electrons. The van der Waals surface area contributed by atoms with Crippen molar-refractivity contribution in [2.45, 2.75) is 9.79 Å². The Labute approximate surface area is 175 Å². The smallest absolute Gasteiger partial charge is 0.227 e. The predicted molar refractivity (Wildman–Crippen MR) is 116 cm³/mol. The molecule has 1 aliphatic rings. The molecule has 0 aliphatic carbocycles. The molecule has 2 N–H and O–H groups in total. The summed E-state index contributed by atoms with van der Waals surface area (Å²) >= 11 is 0. The van der Waals surface area contributed by atoms with Crippen molar-refractivity contribution in [1.82, 2.24) is 9.97 Å². The van der Waals surface area contributed by atoms with Gasteiger partial charge in [0.25, 0.3) is 0 Å². The van der Waals surface area contributed by atoms with Crippen LogP contribution >= 0.6 is 0 Å². The van der Waals surface area contributed by atoms with Gasteiger partial charge >= 0.3 is 0 Å². The second-order valence-electron chi connectivity index (χ2n) is 6.91. The predicted octanol–water partition coefficient (Wildman–Crippen LogP) is 2.23. The van der Waals surface area contributed by atoms with Crippen molar-refractivity contribution >= 4 is 27.3 Å². The molecule has 3 aromatic rings. The molecule has 4 rings (SSSR count). The number of sulfone groups is 1. The number of piperazine rings is 1. The molecule has 0 saturated carbocycles. The summed E-state index contributed by atoms with van der Waals surface area (Å²) in [7, 11) is -2.11.